The minimum atomic E-state index is -3.56. The topological polar surface area (TPSA) is 158 Å². The lowest BCUT2D eigenvalue weighted by Crippen LogP contribution is -2.38. The molecule has 0 saturated heterocycles. The predicted molar refractivity (Wildman–Crippen MR) is 108 cm³/mol. The van der Waals surface area contributed by atoms with Gasteiger partial charge in [-0.05, 0) is 24.3 Å². The monoisotopic (exact) mass is 413 g/mol. The summed E-state index contributed by atoms with van der Waals surface area (Å²) in [5.74, 6) is 0.189. The Morgan fingerprint density at radius 1 is 1.14 bits per heavy atom. The fourth-order valence-electron chi connectivity index (χ4n) is 2.97. The fourth-order valence-corrected chi connectivity index (χ4v) is 3.52. The number of pyridine rings is 1. The third-order valence-corrected chi connectivity index (χ3v) is 4.66. The first kappa shape index (κ1) is 18.4. The van der Waals surface area contributed by atoms with Crippen LogP contribution >= 0.6 is 0 Å². The second kappa shape index (κ2) is 6.60. The van der Waals surface area contributed by atoms with Gasteiger partial charge in [0.05, 0.1) is 34.7 Å². The number of hydrogen-bond donors (Lipinski definition) is 3. The number of nitrogens with two attached hydrogens (primary N) is 1. The van der Waals surface area contributed by atoms with E-state index in [-0.39, 0.29) is 33.9 Å². The van der Waals surface area contributed by atoms with Crippen LogP contribution in [0.2, 0.25) is 0 Å². The van der Waals surface area contributed by atoms with E-state index < -0.39 is 21.3 Å². The molecule has 0 aliphatic heterocycles. The van der Waals surface area contributed by atoms with Crippen LogP contribution in [0.4, 0.5) is 11.4 Å². The molecule has 1 aromatic carbocycles. The van der Waals surface area contributed by atoms with Crippen LogP contribution in [-0.2, 0) is 10.0 Å². The maximum absolute atomic E-state index is 13.2. The molecule has 0 saturated carbocycles. The maximum Gasteiger partial charge on any atom is 0.343 e. The van der Waals surface area contributed by atoms with Gasteiger partial charge in [-0.3, -0.25) is 14.5 Å². The molecule has 0 fully saturated rings. The Labute approximate surface area is 163 Å². The first-order chi connectivity index (χ1) is 13.7. The third-order valence-electron chi connectivity index (χ3n) is 4.06. The SMILES string of the molecule is CS(=O)(=O)Nc1ccc2c(c1)c(=O)n(-c1cncc(N)c1)c(=O)n2-c1ncc[nH]1. The fraction of sp³-hybridized carbons (Fsp3) is 0.0588. The van der Waals surface area contributed by atoms with Gasteiger partial charge in [-0.25, -0.2) is 27.3 Å². The highest BCUT2D eigenvalue weighted by Crippen LogP contribution is 2.19. The van der Waals surface area contributed by atoms with Crippen molar-refractivity contribution in [1.29, 1.82) is 0 Å². The number of imidazole rings is 1. The summed E-state index contributed by atoms with van der Waals surface area (Å²) in [7, 11) is -3.56. The Morgan fingerprint density at radius 2 is 1.93 bits per heavy atom. The summed E-state index contributed by atoms with van der Waals surface area (Å²) < 4.78 is 27.6. The summed E-state index contributed by atoms with van der Waals surface area (Å²) >= 11 is 0. The average molecular weight is 413 g/mol. The lowest BCUT2D eigenvalue weighted by Gasteiger charge is -2.13. The highest BCUT2D eigenvalue weighted by molar-refractivity contribution is 7.92. The first-order valence-corrected chi connectivity index (χ1v) is 10.1. The number of hydrogen-bond acceptors (Lipinski definition) is 7. The molecular formula is C17H15N7O4S. The van der Waals surface area contributed by atoms with Crippen molar-refractivity contribution in [3.05, 3.63) is 69.9 Å². The second-order valence-corrected chi connectivity index (χ2v) is 8.00. The van der Waals surface area contributed by atoms with E-state index in [4.69, 9.17) is 5.73 Å². The van der Waals surface area contributed by atoms with E-state index in [9.17, 15) is 18.0 Å². The van der Waals surface area contributed by atoms with Gasteiger partial charge in [0.2, 0.25) is 16.0 Å². The second-order valence-electron chi connectivity index (χ2n) is 6.25. The molecule has 12 heteroatoms. The van der Waals surface area contributed by atoms with Crippen molar-refractivity contribution in [3.63, 3.8) is 0 Å². The normalized spacial score (nSPS) is 11.6. The number of nitrogen functional groups attached to an aromatic ring is 1. The molecule has 0 spiro atoms. The van der Waals surface area contributed by atoms with Crippen molar-refractivity contribution >= 4 is 32.3 Å². The van der Waals surface area contributed by atoms with Gasteiger partial charge in [-0.15, -0.1) is 0 Å². The number of aromatic amines is 1. The molecule has 11 nitrogen and oxygen atoms in total. The van der Waals surface area contributed by atoms with Crippen LogP contribution in [0.15, 0.2) is 58.6 Å². The zero-order chi connectivity index (χ0) is 20.8. The van der Waals surface area contributed by atoms with E-state index in [0.717, 1.165) is 10.8 Å². The molecule has 0 aliphatic carbocycles. The van der Waals surface area contributed by atoms with Crippen molar-refractivity contribution in [2.45, 2.75) is 0 Å². The summed E-state index contributed by atoms with van der Waals surface area (Å²) in [6.07, 6.45) is 6.71. The Balaban J connectivity index is 2.13. The molecule has 4 aromatic rings. The number of fused-ring (bicyclic) bond motifs is 1. The van der Waals surface area contributed by atoms with E-state index in [0.29, 0.717) is 0 Å². The summed E-state index contributed by atoms with van der Waals surface area (Å²) in [4.78, 5) is 37.3. The van der Waals surface area contributed by atoms with E-state index in [1.54, 1.807) is 0 Å². The van der Waals surface area contributed by atoms with Gasteiger partial charge in [-0.2, -0.15) is 0 Å². The van der Waals surface area contributed by atoms with E-state index in [1.165, 1.54) is 53.6 Å². The van der Waals surface area contributed by atoms with Crippen molar-refractivity contribution in [2.24, 2.45) is 0 Å². The van der Waals surface area contributed by atoms with Crippen molar-refractivity contribution in [2.75, 3.05) is 16.7 Å². The highest BCUT2D eigenvalue weighted by atomic mass is 32.2. The van der Waals surface area contributed by atoms with Gasteiger partial charge < -0.3 is 10.7 Å². The largest absolute Gasteiger partial charge is 0.397 e. The molecule has 3 heterocycles. The van der Waals surface area contributed by atoms with Crippen LogP contribution in [0.1, 0.15) is 0 Å². The average Bonchev–Trinajstić information content (AvgIpc) is 3.15. The summed E-state index contributed by atoms with van der Waals surface area (Å²) in [5.41, 5.74) is 5.28. The number of anilines is 2. The molecule has 0 atom stereocenters. The van der Waals surface area contributed by atoms with Gasteiger partial charge in [0.1, 0.15) is 0 Å². The molecule has 29 heavy (non-hydrogen) atoms. The van der Waals surface area contributed by atoms with Gasteiger partial charge in [0.25, 0.3) is 5.56 Å². The quantitative estimate of drug-likeness (QED) is 0.431. The Kier molecular flexibility index (Phi) is 4.19. The third kappa shape index (κ3) is 3.36. The van der Waals surface area contributed by atoms with E-state index in [1.807, 2.05) is 0 Å². The molecule has 0 unspecified atom stereocenters. The number of sulfonamides is 1. The van der Waals surface area contributed by atoms with Crippen LogP contribution in [0.25, 0.3) is 22.5 Å². The molecule has 0 radical (unpaired) electrons. The van der Waals surface area contributed by atoms with Crippen molar-refractivity contribution < 1.29 is 8.42 Å². The van der Waals surface area contributed by atoms with Crippen LogP contribution in [0, 0.1) is 0 Å². The highest BCUT2D eigenvalue weighted by Gasteiger charge is 2.18. The molecule has 0 bridgehead atoms. The van der Waals surface area contributed by atoms with Gasteiger partial charge in [0.15, 0.2) is 0 Å². The summed E-state index contributed by atoms with van der Waals surface area (Å²) in [5, 5.41) is 0.0945. The Bertz CT molecular complexity index is 1450. The number of H-pyrrole nitrogens is 1. The molecule has 0 aliphatic rings. The number of aromatic nitrogens is 5. The van der Waals surface area contributed by atoms with E-state index >= 15 is 0 Å². The zero-order valence-corrected chi connectivity index (χ0v) is 15.8. The van der Waals surface area contributed by atoms with Crippen molar-refractivity contribution in [1.82, 2.24) is 24.1 Å². The van der Waals surface area contributed by atoms with Gasteiger partial charge in [-0.1, -0.05) is 0 Å². The molecule has 148 valence electrons. The minimum absolute atomic E-state index is 0.0945. The first-order valence-electron chi connectivity index (χ1n) is 8.25. The molecule has 4 N–H and O–H groups in total. The summed E-state index contributed by atoms with van der Waals surface area (Å²) in [6, 6.07) is 5.71. The molecule has 0 amide bonds. The predicted octanol–water partition coefficient (Wildman–Crippen LogP) is 0.213. The van der Waals surface area contributed by atoms with Gasteiger partial charge in [0, 0.05) is 24.3 Å². The Hall–Kier alpha value is -3.93. The van der Waals surface area contributed by atoms with Gasteiger partial charge >= 0.3 is 5.69 Å². The van der Waals surface area contributed by atoms with Crippen LogP contribution in [0.5, 0.6) is 0 Å². The minimum Gasteiger partial charge on any atom is -0.397 e. The number of nitrogens with one attached hydrogen (secondary N) is 2. The van der Waals surface area contributed by atoms with Crippen LogP contribution in [-0.4, -0.2) is 38.8 Å². The standard InChI is InChI=1S/C17H15N7O4S/c1-29(27,28)22-11-2-3-14-13(7-11)15(25)23(12-6-10(18)8-19-9-12)17(26)24(14)16-20-4-5-21-16/h2-9,22H,18H2,1H3,(H,20,21). The lowest BCUT2D eigenvalue weighted by molar-refractivity contribution is 0.607. The Morgan fingerprint density at radius 3 is 2.59 bits per heavy atom. The van der Waals surface area contributed by atoms with Crippen LogP contribution in [0.3, 0.4) is 0 Å². The number of benzene rings is 1. The van der Waals surface area contributed by atoms with Crippen molar-refractivity contribution in [3.8, 4) is 11.6 Å². The zero-order valence-electron chi connectivity index (χ0n) is 15.0. The lowest BCUT2D eigenvalue weighted by atomic mass is 10.2. The maximum atomic E-state index is 13.2. The number of nitrogens with zero attached hydrogens (tertiary/aromatic N) is 4. The number of rotatable bonds is 4. The van der Waals surface area contributed by atoms with E-state index in [2.05, 4.69) is 19.7 Å². The smallest absolute Gasteiger partial charge is 0.343 e. The molecule has 4 rings (SSSR count). The summed E-state index contributed by atoms with van der Waals surface area (Å²) in [6.45, 7) is 0. The molecule has 3 aromatic heterocycles. The molecular weight excluding hydrogens is 398 g/mol. The van der Waals surface area contributed by atoms with Crippen LogP contribution < -0.4 is 21.7 Å².